The van der Waals surface area contributed by atoms with E-state index in [1.54, 1.807) is 6.07 Å². The molecule has 0 bridgehead atoms. The number of benzene rings is 2. The lowest BCUT2D eigenvalue weighted by atomic mass is 10.1. The van der Waals surface area contributed by atoms with Gasteiger partial charge in [-0.15, -0.1) is 0 Å². The number of carbonyl (C=O) groups excluding carboxylic acids is 2. The van der Waals surface area contributed by atoms with Crippen LogP contribution < -0.4 is 20.3 Å². The van der Waals surface area contributed by atoms with E-state index in [9.17, 15) is 14.0 Å². The molecule has 2 aromatic carbocycles. The summed E-state index contributed by atoms with van der Waals surface area (Å²) < 4.78 is 24.2. The second-order valence-electron chi connectivity index (χ2n) is 5.79. The normalized spacial score (nSPS) is 11.4. The number of aryl methyl sites for hydroxylation is 2. The van der Waals surface area contributed by atoms with Gasteiger partial charge in [0.25, 0.3) is 11.8 Å². The number of rotatable bonds is 6. The summed E-state index contributed by atoms with van der Waals surface area (Å²) >= 11 is 0. The molecule has 1 unspecified atom stereocenters. The van der Waals surface area contributed by atoms with Crippen molar-refractivity contribution in [1.29, 1.82) is 0 Å². The molecule has 138 valence electrons. The monoisotopic (exact) mass is 360 g/mol. The first-order valence-corrected chi connectivity index (χ1v) is 8.06. The van der Waals surface area contributed by atoms with Crippen molar-refractivity contribution in [2.24, 2.45) is 0 Å². The molecule has 2 aromatic rings. The van der Waals surface area contributed by atoms with E-state index >= 15 is 0 Å². The lowest BCUT2D eigenvalue weighted by Crippen LogP contribution is -2.48. The van der Waals surface area contributed by atoms with Gasteiger partial charge in [-0.3, -0.25) is 20.4 Å². The highest BCUT2D eigenvalue weighted by Gasteiger charge is 2.17. The standard InChI is InChI=1S/C19H21FN2O4/c1-12-8-9-13(2)17(10-12)25-11-18(23)21-22-19(24)14(3)26-16-7-5-4-6-15(16)20/h4-10,14H,11H2,1-3H3,(H,21,23)(H,22,24). The molecule has 1 atom stereocenters. The molecule has 2 amide bonds. The van der Waals surface area contributed by atoms with E-state index in [4.69, 9.17) is 9.47 Å². The Labute approximate surface area is 151 Å². The molecule has 0 saturated heterocycles. The van der Waals surface area contributed by atoms with Crippen LogP contribution in [0.4, 0.5) is 4.39 Å². The highest BCUT2D eigenvalue weighted by molar-refractivity contribution is 5.85. The number of ether oxygens (including phenoxy) is 2. The van der Waals surface area contributed by atoms with Crippen molar-refractivity contribution < 1.29 is 23.5 Å². The number of para-hydroxylation sites is 1. The van der Waals surface area contributed by atoms with E-state index in [0.29, 0.717) is 5.75 Å². The fourth-order valence-corrected chi connectivity index (χ4v) is 2.06. The number of hydrogen-bond acceptors (Lipinski definition) is 4. The topological polar surface area (TPSA) is 76.7 Å². The van der Waals surface area contributed by atoms with E-state index in [2.05, 4.69) is 10.9 Å². The SMILES string of the molecule is Cc1ccc(C)c(OCC(=O)NNC(=O)C(C)Oc2ccccc2F)c1. The lowest BCUT2D eigenvalue weighted by molar-refractivity contribution is -0.133. The Balaban J connectivity index is 1.78. The molecule has 2 N–H and O–H groups in total. The van der Waals surface area contributed by atoms with Gasteiger partial charge in [0.1, 0.15) is 5.75 Å². The van der Waals surface area contributed by atoms with Crippen molar-refractivity contribution in [3.05, 3.63) is 59.4 Å². The highest BCUT2D eigenvalue weighted by atomic mass is 19.1. The van der Waals surface area contributed by atoms with Crippen molar-refractivity contribution in [3.8, 4) is 11.5 Å². The Morgan fingerprint density at radius 1 is 1.08 bits per heavy atom. The van der Waals surface area contributed by atoms with Gasteiger partial charge in [0, 0.05) is 0 Å². The molecule has 2 rings (SSSR count). The molecule has 7 heteroatoms. The van der Waals surface area contributed by atoms with Crippen LogP contribution in [-0.2, 0) is 9.59 Å². The van der Waals surface area contributed by atoms with E-state index in [1.807, 2.05) is 32.0 Å². The van der Waals surface area contributed by atoms with Crippen molar-refractivity contribution in [3.63, 3.8) is 0 Å². The molecule has 0 aliphatic heterocycles. The van der Waals surface area contributed by atoms with Gasteiger partial charge in [-0.05, 0) is 50.1 Å². The van der Waals surface area contributed by atoms with Crippen molar-refractivity contribution in [1.82, 2.24) is 10.9 Å². The molecule has 0 saturated carbocycles. The maximum Gasteiger partial charge on any atom is 0.279 e. The van der Waals surface area contributed by atoms with Gasteiger partial charge in [0.15, 0.2) is 24.3 Å². The van der Waals surface area contributed by atoms with Gasteiger partial charge in [-0.25, -0.2) is 4.39 Å². The van der Waals surface area contributed by atoms with Crippen molar-refractivity contribution in [2.45, 2.75) is 26.9 Å². The van der Waals surface area contributed by atoms with Crippen LogP contribution in [0.15, 0.2) is 42.5 Å². The number of nitrogens with one attached hydrogen (secondary N) is 2. The molecule has 26 heavy (non-hydrogen) atoms. The van der Waals surface area contributed by atoms with Crippen LogP contribution >= 0.6 is 0 Å². The van der Waals surface area contributed by atoms with Gasteiger partial charge >= 0.3 is 0 Å². The van der Waals surface area contributed by atoms with E-state index in [0.717, 1.165) is 11.1 Å². The molecule has 0 aliphatic rings. The van der Waals surface area contributed by atoms with Gasteiger partial charge in [0.05, 0.1) is 0 Å². The number of amides is 2. The Kier molecular flexibility index (Phi) is 6.54. The molecule has 6 nitrogen and oxygen atoms in total. The summed E-state index contributed by atoms with van der Waals surface area (Å²) in [5.41, 5.74) is 6.36. The molecule has 0 fully saturated rings. The van der Waals surface area contributed by atoms with E-state index in [1.165, 1.54) is 25.1 Å². The second-order valence-corrected chi connectivity index (χ2v) is 5.79. The Bertz CT molecular complexity index is 795. The zero-order valence-corrected chi connectivity index (χ0v) is 14.8. The van der Waals surface area contributed by atoms with E-state index in [-0.39, 0.29) is 12.4 Å². The van der Waals surface area contributed by atoms with Gasteiger partial charge < -0.3 is 9.47 Å². The zero-order chi connectivity index (χ0) is 19.1. The molecule has 0 heterocycles. The number of hydrazine groups is 1. The first-order chi connectivity index (χ1) is 12.4. The van der Waals surface area contributed by atoms with E-state index < -0.39 is 23.7 Å². The van der Waals surface area contributed by atoms with Gasteiger partial charge in [-0.1, -0.05) is 24.3 Å². The van der Waals surface area contributed by atoms with Crippen LogP contribution in [0.3, 0.4) is 0 Å². The summed E-state index contributed by atoms with van der Waals surface area (Å²) in [5, 5.41) is 0. The minimum absolute atomic E-state index is 0.0419. The van der Waals surface area contributed by atoms with Crippen molar-refractivity contribution >= 4 is 11.8 Å². The number of carbonyl (C=O) groups is 2. The first kappa shape index (κ1) is 19.2. The maximum atomic E-state index is 13.5. The molecular formula is C19H21FN2O4. The zero-order valence-electron chi connectivity index (χ0n) is 14.8. The van der Waals surface area contributed by atoms with Crippen LogP contribution in [0.2, 0.25) is 0 Å². The Morgan fingerprint density at radius 2 is 1.81 bits per heavy atom. The summed E-state index contributed by atoms with van der Waals surface area (Å²) in [6.45, 7) is 4.98. The fourth-order valence-electron chi connectivity index (χ4n) is 2.06. The molecule has 0 aromatic heterocycles. The summed E-state index contributed by atoms with van der Waals surface area (Å²) in [5.74, 6) is -1.16. The number of halogens is 1. The average molecular weight is 360 g/mol. The van der Waals surface area contributed by atoms with Gasteiger partial charge in [0.2, 0.25) is 0 Å². The largest absolute Gasteiger partial charge is 0.483 e. The predicted octanol–water partition coefficient (Wildman–Crippen LogP) is 2.44. The summed E-state index contributed by atoms with van der Waals surface area (Å²) in [4.78, 5) is 23.7. The number of hydrogen-bond donors (Lipinski definition) is 2. The smallest absolute Gasteiger partial charge is 0.279 e. The second kappa shape index (κ2) is 8.84. The molecular weight excluding hydrogens is 339 g/mol. The lowest BCUT2D eigenvalue weighted by Gasteiger charge is -2.16. The third-order valence-corrected chi connectivity index (χ3v) is 3.54. The Hall–Kier alpha value is -3.09. The molecule has 0 spiro atoms. The maximum absolute atomic E-state index is 13.5. The van der Waals surface area contributed by atoms with Gasteiger partial charge in [-0.2, -0.15) is 0 Å². The van der Waals surface area contributed by atoms with Crippen LogP contribution in [0, 0.1) is 19.7 Å². The first-order valence-electron chi connectivity index (χ1n) is 8.06. The van der Waals surface area contributed by atoms with Crippen molar-refractivity contribution in [2.75, 3.05) is 6.61 Å². The van der Waals surface area contributed by atoms with Crippen LogP contribution in [0.25, 0.3) is 0 Å². The third-order valence-electron chi connectivity index (χ3n) is 3.54. The van der Waals surface area contributed by atoms with Crippen LogP contribution in [0.1, 0.15) is 18.1 Å². The average Bonchev–Trinajstić information content (AvgIpc) is 2.62. The fraction of sp³-hybridized carbons (Fsp3) is 0.263. The highest BCUT2D eigenvalue weighted by Crippen LogP contribution is 2.19. The Morgan fingerprint density at radius 3 is 2.54 bits per heavy atom. The quantitative estimate of drug-likeness (QED) is 0.776. The van der Waals surface area contributed by atoms with Crippen LogP contribution in [0.5, 0.6) is 11.5 Å². The predicted molar refractivity (Wildman–Crippen MR) is 94.2 cm³/mol. The summed E-state index contributed by atoms with van der Waals surface area (Å²) in [6.07, 6.45) is -0.993. The summed E-state index contributed by atoms with van der Waals surface area (Å²) in [7, 11) is 0. The molecule has 0 aliphatic carbocycles. The minimum Gasteiger partial charge on any atom is -0.483 e. The summed E-state index contributed by atoms with van der Waals surface area (Å²) in [6, 6.07) is 11.4. The minimum atomic E-state index is -0.993. The molecule has 0 radical (unpaired) electrons. The third kappa shape index (κ3) is 5.47. The van der Waals surface area contributed by atoms with Crippen LogP contribution in [-0.4, -0.2) is 24.5 Å².